The lowest BCUT2D eigenvalue weighted by atomic mass is 10.1. The van der Waals surface area contributed by atoms with Gasteiger partial charge in [0.05, 0.1) is 11.3 Å². The highest BCUT2D eigenvalue weighted by Crippen LogP contribution is 2.25. The fourth-order valence-electron chi connectivity index (χ4n) is 1.97. The van der Waals surface area contributed by atoms with Gasteiger partial charge in [0.2, 0.25) is 0 Å². The predicted molar refractivity (Wildman–Crippen MR) is 70.0 cm³/mol. The SMILES string of the molecule is Cc1ccc(C#N)c(NCCN(C)C2CC2)c1. The van der Waals surface area contributed by atoms with E-state index in [4.69, 9.17) is 5.26 Å². The van der Waals surface area contributed by atoms with E-state index in [1.807, 2.05) is 25.1 Å². The summed E-state index contributed by atoms with van der Waals surface area (Å²) >= 11 is 0. The number of nitriles is 1. The molecule has 1 aliphatic carbocycles. The molecule has 0 spiro atoms. The smallest absolute Gasteiger partial charge is 0.101 e. The van der Waals surface area contributed by atoms with Crippen LogP contribution in [0, 0.1) is 18.3 Å². The summed E-state index contributed by atoms with van der Waals surface area (Å²) in [4.78, 5) is 2.38. The monoisotopic (exact) mass is 229 g/mol. The normalized spacial score (nSPS) is 14.7. The van der Waals surface area contributed by atoms with Crippen LogP contribution < -0.4 is 5.32 Å². The van der Waals surface area contributed by atoms with E-state index in [9.17, 15) is 0 Å². The average molecular weight is 229 g/mol. The van der Waals surface area contributed by atoms with Crippen LogP contribution in [0.2, 0.25) is 0 Å². The molecule has 1 aromatic carbocycles. The van der Waals surface area contributed by atoms with Crippen LogP contribution in [0.4, 0.5) is 5.69 Å². The fourth-order valence-corrected chi connectivity index (χ4v) is 1.97. The molecule has 0 heterocycles. The number of nitrogens with zero attached hydrogens (tertiary/aromatic N) is 2. The van der Waals surface area contributed by atoms with Crippen molar-refractivity contribution < 1.29 is 0 Å². The molecule has 0 aliphatic heterocycles. The lowest BCUT2D eigenvalue weighted by Crippen LogP contribution is -2.27. The van der Waals surface area contributed by atoms with Crippen molar-refractivity contribution >= 4 is 5.69 Å². The molecule has 1 saturated carbocycles. The van der Waals surface area contributed by atoms with Crippen molar-refractivity contribution in [2.45, 2.75) is 25.8 Å². The summed E-state index contributed by atoms with van der Waals surface area (Å²) in [6.45, 7) is 3.97. The molecule has 1 fully saturated rings. The minimum atomic E-state index is 0.727. The first-order valence-corrected chi connectivity index (χ1v) is 6.15. The summed E-state index contributed by atoms with van der Waals surface area (Å²) < 4.78 is 0. The van der Waals surface area contributed by atoms with Crippen molar-refractivity contribution in [3.63, 3.8) is 0 Å². The fraction of sp³-hybridized carbons (Fsp3) is 0.500. The number of hydrogen-bond donors (Lipinski definition) is 1. The molecule has 0 atom stereocenters. The number of likely N-dealkylation sites (N-methyl/N-ethyl adjacent to an activating group) is 1. The Hall–Kier alpha value is -1.53. The molecule has 0 unspecified atom stereocenters. The topological polar surface area (TPSA) is 39.1 Å². The summed E-state index contributed by atoms with van der Waals surface area (Å²) in [5, 5.41) is 12.4. The van der Waals surface area contributed by atoms with Gasteiger partial charge in [0, 0.05) is 19.1 Å². The first-order chi connectivity index (χ1) is 8.20. The summed E-state index contributed by atoms with van der Waals surface area (Å²) in [7, 11) is 2.17. The quantitative estimate of drug-likeness (QED) is 0.842. The molecule has 0 bridgehead atoms. The number of rotatable bonds is 5. The zero-order valence-corrected chi connectivity index (χ0v) is 10.5. The zero-order valence-electron chi connectivity index (χ0n) is 10.5. The highest BCUT2D eigenvalue weighted by molar-refractivity contribution is 5.58. The first kappa shape index (κ1) is 11.9. The molecular formula is C14H19N3. The lowest BCUT2D eigenvalue weighted by molar-refractivity contribution is 0.337. The maximum atomic E-state index is 9.02. The summed E-state index contributed by atoms with van der Waals surface area (Å²) in [6, 6.07) is 8.90. The first-order valence-electron chi connectivity index (χ1n) is 6.15. The Kier molecular flexibility index (Phi) is 3.65. The molecule has 0 saturated heterocycles. The van der Waals surface area contributed by atoms with E-state index in [-0.39, 0.29) is 0 Å². The lowest BCUT2D eigenvalue weighted by Gasteiger charge is -2.16. The standard InChI is InChI=1S/C14H19N3/c1-11-3-4-12(10-15)14(9-11)16-7-8-17(2)13-5-6-13/h3-4,9,13,16H,5-8H2,1-2H3. The molecule has 17 heavy (non-hydrogen) atoms. The van der Waals surface area contributed by atoms with E-state index in [1.54, 1.807) is 0 Å². The Morgan fingerprint density at radius 1 is 1.47 bits per heavy atom. The van der Waals surface area contributed by atoms with Crippen LogP contribution in [-0.4, -0.2) is 31.1 Å². The van der Waals surface area contributed by atoms with Gasteiger partial charge in [-0.2, -0.15) is 5.26 Å². The van der Waals surface area contributed by atoms with Gasteiger partial charge < -0.3 is 10.2 Å². The third-order valence-corrected chi connectivity index (χ3v) is 3.25. The maximum absolute atomic E-state index is 9.02. The van der Waals surface area contributed by atoms with Crippen LogP contribution in [0.3, 0.4) is 0 Å². The number of nitrogens with one attached hydrogen (secondary N) is 1. The third kappa shape index (κ3) is 3.21. The number of hydrogen-bond acceptors (Lipinski definition) is 3. The molecule has 1 aliphatic rings. The summed E-state index contributed by atoms with van der Waals surface area (Å²) in [5.74, 6) is 0. The molecule has 3 nitrogen and oxygen atoms in total. The highest BCUT2D eigenvalue weighted by atomic mass is 15.2. The Morgan fingerprint density at radius 3 is 2.88 bits per heavy atom. The van der Waals surface area contributed by atoms with E-state index in [0.29, 0.717) is 0 Å². The van der Waals surface area contributed by atoms with Crippen LogP contribution in [0.25, 0.3) is 0 Å². The largest absolute Gasteiger partial charge is 0.383 e. The van der Waals surface area contributed by atoms with Gasteiger partial charge in [-0.25, -0.2) is 0 Å². The van der Waals surface area contributed by atoms with Crippen molar-refractivity contribution in [1.29, 1.82) is 5.26 Å². The van der Waals surface area contributed by atoms with Gasteiger partial charge in [-0.1, -0.05) is 6.07 Å². The van der Waals surface area contributed by atoms with Gasteiger partial charge in [0.15, 0.2) is 0 Å². The second-order valence-corrected chi connectivity index (χ2v) is 4.80. The van der Waals surface area contributed by atoms with Gasteiger partial charge in [0.25, 0.3) is 0 Å². The molecule has 0 amide bonds. The summed E-state index contributed by atoms with van der Waals surface area (Å²) in [5.41, 5.74) is 2.86. The number of anilines is 1. The molecule has 1 N–H and O–H groups in total. The third-order valence-electron chi connectivity index (χ3n) is 3.25. The number of benzene rings is 1. The highest BCUT2D eigenvalue weighted by Gasteiger charge is 2.25. The van der Waals surface area contributed by atoms with Gasteiger partial charge >= 0.3 is 0 Å². The van der Waals surface area contributed by atoms with E-state index in [1.165, 1.54) is 18.4 Å². The molecule has 0 aromatic heterocycles. The molecule has 2 rings (SSSR count). The average Bonchev–Trinajstić information content (AvgIpc) is 3.13. The van der Waals surface area contributed by atoms with Crippen LogP contribution >= 0.6 is 0 Å². The van der Waals surface area contributed by atoms with Crippen molar-refractivity contribution in [3.8, 4) is 6.07 Å². The van der Waals surface area contributed by atoms with Gasteiger partial charge in [-0.05, 0) is 44.5 Å². The Morgan fingerprint density at radius 2 is 2.24 bits per heavy atom. The van der Waals surface area contributed by atoms with Crippen LogP contribution in [0.5, 0.6) is 0 Å². The summed E-state index contributed by atoms with van der Waals surface area (Å²) in [6.07, 6.45) is 2.68. The van der Waals surface area contributed by atoms with Crippen LogP contribution in [0.15, 0.2) is 18.2 Å². The van der Waals surface area contributed by atoms with Crippen molar-refractivity contribution in [2.24, 2.45) is 0 Å². The predicted octanol–water partition coefficient (Wildman–Crippen LogP) is 2.37. The van der Waals surface area contributed by atoms with E-state index < -0.39 is 0 Å². The second-order valence-electron chi connectivity index (χ2n) is 4.80. The Labute approximate surface area is 103 Å². The van der Waals surface area contributed by atoms with Crippen molar-refractivity contribution in [3.05, 3.63) is 29.3 Å². The van der Waals surface area contributed by atoms with E-state index in [2.05, 4.69) is 23.3 Å². The van der Waals surface area contributed by atoms with E-state index in [0.717, 1.165) is 30.4 Å². The van der Waals surface area contributed by atoms with Gasteiger partial charge in [0.1, 0.15) is 6.07 Å². The van der Waals surface area contributed by atoms with Crippen molar-refractivity contribution in [1.82, 2.24) is 4.90 Å². The maximum Gasteiger partial charge on any atom is 0.101 e. The minimum Gasteiger partial charge on any atom is -0.383 e. The van der Waals surface area contributed by atoms with E-state index >= 15 is 0 Å². The zero-order chi connectivity index (χ0) is 12.3. The van der Waals surface area contributed by atoms with Gasteiger partial charge in [-0.15, -0.1) is 0 Å². The van der Waals surface area contributed by atoms with Crippen molar-refractivity contribution in [2.75, 3.05) is 25.5 Å². The van der Waals surface area contributed by atoms with Gasteiger partial charge in [-0.3, -0.25) is 0 Å². The molecule has 1 aromatic rings. The van der Waals surface area contributed by atoms with Crippen LogP contribution in [0.1, 0.15) is 24.0 Å². The molecule has 90 valence electrons. The second kappa shape index (κ2) is 5.20. The molecule has 0 radical (unpaired) electrons. The number of aryl methyl sites for hydroxylation is 1. The Balaban J connectivity index is 1.89. The Bertz CT molecular complexity index is 430. The molecule has 3 heteroatoms. The minimum absolute atomic E-state index is 0.727. The molecular weight excluding hydrogens is 210 g/mol. The van der Waals surface area contributed by atoms with Crippen LogP contribution in [-0.2, 0) is 0 Å².